The number of furan rings is 1. The third-order valence-corrected chi connectivity index (χ3v) is 5.59. The van der Waals surface area contributed by atoms with Gasteiger partial charge in [-0.1, -0.05) is 36.7 Å². The normalized spacial score (nSPS) is 15.0. The zero-order chi connectivity index (χ0) is 24.4. The van der Waals surface area contributed by atoms with Gasteiger partial charge in [-0.15, -0.1) is 0 Å². The number of hydrogen-bond donors (Lipinski definition) is 1. The number of nitrogens with one attached hydrogen (secondary N) is 1. The summed E-state index contributed by atoms with van der Waals surface area (Å²) >= 11 is 6.17. The summed E-state index contributed by atoms with van der Waals surface area (Å²) in [5.41, 5.74) is 1.93. The number of hydrogen-bond acceptors (Lipinski definition) is 6. The lowest BCUT2D eigenvalue weighted by Crippen LogP contribution is -2.54. The van der Waals surface area contributed by atoms with E-state index in [1.54, 1.807) is 36.4 Å². The van der Waals surface area contributed by atoms with E-state index in [4.69, 9.17) is 16.0 Å². The van der Waals surface area contributed by atoms with E-state index in [-0.39, 0.29) is 21.9 Å². The molecular formula is C25H19ClN2O6. The largest absolute Gasteiger partial charge is 0.465 e. The average Bonchev–Trinajstić information content (AvgIpc) is 3.30. The fourth-order valence-electron chi connectivity index (χ4n) is 3.44. The van der Waals surface area contributed by atoms with Crippen LogP contribution in [0, 0.1) is 0 Å². The molecule has 1 aliphatic heterocycles. The van der Waals surface area contributed by atoms with Gasteiger partial charge >= 0.3 is 12.0 Å². The lowest BCUT2D eigenvalue weighted by molar-refractivity contribution is -0.122. The summed E-state index contributed by atoms with van der Waals surface area (Å²) in [6, 6.07) is 14.0. The van der Waals surface area contributed by atoms with Crippen LogP contribution in [0.5, 0.6) is 0 Å². The third kappa shape index (κ3) is 4.35. The van der Waals surface area contributed by atoms with E-state index in [9.17, 15) is 19.2 Å². The van der Waals surface area contributed by atoms with Crippen molar-refractivity contribution < 1.29 is 28.3 Å². The molecule has 34 heavy (non-hydrogen) atoms. The average molecular weight is 479 g/mol. The molecule has 0 aliphatic carbocycles. The van der Waals surface area contributed by atoms with Crippen molar-refractivity contribution in [3.8, 4) is 11.3 Å². The first-order valence-electron chi connectivity index (χ1n) is 10.3. The van der Waals surface area contributed by atoms with Crippen LogP contribution in [-0.4, -0.2) is 30.9 Å². The zero-order valence-electron chi connectivity index (χ0n) is 18.3. The van der Waals surface area contributed by atoms with Gasteiger partial charge in [0.15, 0.2) is 0 Å². The molecule has 4 rings (SSSR count). The van der Waals surface area contributed by atoms with Crippen molar-refractivity contribution in [3.05, 3.63) is 82.1 Å². The van der Waals surface area contributed by atoms with Gasteiger partial charge in [0.2, 0.25) is 0 Å². The molecule has 3 aromatic rings. The molecule has 0 bridgehead atoms. The molecule has 0 radical (unpaired) electrons. The summed E-state index contributed by atoms with van der Waals surface area (Å²) < 4.78 is 10.4. The van der Waals surface area contributed by atoms with Crippen LogP contribution in [0.1, 0.15) is 28.6 Å². The van der Waals surface area contributed by atoms with Crippen LogP contribution >= 0.6 is 11.6 Å². The Bertz CT molecular complexity index is 1340. The Balaban J connectivity index is 1.63. The maximum Gasteiger partial charge on any atom is 0.339 e. The first kappa shape index (κ1) is 23.0. The van der Waals surface area contributed by atoms with Gasteiger partial charge in [0.05, 0.1) is 23.4 Å². The molecule has 172 valence electrons. The van der Waals surface area contributed by atoms with Gasteiger partial charge in [0.1, 0.15) is 17.1 Å². The predicted molar refractivity (Wildman–Crippen MR) is 125 cm³/mol. The van der Waals surface area contributed by atoms with Crippen molar-refractivity contribution >= 4 is 47.2 Å². The molecule has 0 unspecified atom stereocenters. The number of urea groups is 1. The molecule has 2 heterocycles. The number of carbonyl (C=O) groups excluding carboxylic acids is 4. The van der Waals surface area contributed by atoms with Crippen LogP contribution in [-0.2, 0) is 20.7 Å². The summed E-state index contributed by atoms with van der Waals surface area (Å²) in [6.45, 7) is 1.99. The highest BCUT2D eigenvalue weighted by atomic mass is 35.5. The summed E-state index contributed by atoms with van der Waals surface area (Å²) in [4.78, 5) is 50.4. The Morgan fingerprint density at radius 1 is 1.09 bits per heavy atom. The molecule has 8 nitrogen and oxygen atoms in total. The molecule has 0 spiro atoms. The van der Waals surface area contributed by atoms with Crippen molar-refractivity contribution in [2.45, 2.75) is 13.3 Å². The lowest BCUT2D eigenvalue weighted by Gasteiger charge is -2.26. The van der Waals surface area contributed by atoms with Crippen LogP contribution < -0.4 is 10.2 Å². The maximum atomic E-state index is 13.0. The Morgan fingerprint density at radius 2 is 1.82 bits per heavy atom. The Labute approximate surface area is 199 Å². The number of anilines is 1. The van der Waals surface area contributed by atoms with E-state index in [2.05, 4.69) is 10.1 Å². The monoisotopic (exact) mass is 478 g/mol. The van der Waals surface area contributed by atoms with Crippen LogP contribution in [0.15, 0.2) is 64.6 Å². The van der Waals surface area contributed by atoms with E-state index in [1.165, 1.54) is 19.3 Å². The number of halogens is 1. The quantitative estimate of drug-likeness (QED) is 0.326. The SMILES string of the molecule is CCc1ccc(N2C(=O)NC(=O)/C(=C/c3ccc(-c4ccc(C(=O)OC)c(Cl)c4)o3)C2=O)cc1. The van der Waals surface area contributed by atoms with Crippen molar-refractivity contribution in [3.63, 3.8) is 0 Å². The minimum Gasteiger partial charge on any atom is -0.465 e. The second kappa shape index (κ2) is 9.36. The van der Waals surface area contributed by atoms with Crippen molar-refractivity contribution in [1.29, 1.82) is 0 Å². The molecular weight excluding hydrogens is 460 g/mol. The van der Waals surface area contributed by atoms with E-state index >= 15 is 0 Å². The molecule has 1 saturated heterocycles. The number of rotatable bonds is 5. The third-order valence-electron chi connectivity index (χ3n) is 5.28. The smallest absolute Gasteiger partial charge is 0.339 e. The standard InChI is InChI=1S/C25H19ClN2O6/c1-3-14-4-7-16(8-5-14)28-23(30)19(22(29)27-25(28)32)13-17-9-11-21(34-17)15-6-10-18(20(26)12-15)24(31)33-2/h4-13H,3H2,1-2H3,(H,27,29,32)/b19-13-. The van der Waals surface area contributed by atoms with Crippen molar-refractivity contribution in [2.24, 2.45) is 0 Å². The van der Waals surface area contributed by atoms with Crippen molar-refractivity contribution in [1.82, 2.24) is 5.32 Å². The summed E-state index contributed by atoms with van der Waals surface area (Å²) in [5.74, 6) is -1.53. The first-order valence-corrected chi connectivity index (χ1v) is 10.7. The number of methoxy groups -OCH3 is 1. The fraction of sp³-hybridized carbons (Fsp3) is 0.120. The first-order chi connectivity index (χ1) is 16.3. The Hall–Kier alpha value is -4.17. The molecule has 1 aromatic heterocycles. The molecule has 0 atom stereocenters. The molecule has 1 N–H and O–H groups in total. The molecule has 1 fully saturated rings. The van der Waals surface area contributed by atoms with E-state index < -0.39 is 23.8 Å². The number of amides is 4. The van der Waals surface area contributed by atoms with Crippen LogP contribution in [0.2, 0.25) is 5.02 Å². The number of carbonyl (C=O) groups is 4. The van der Waals surface area contributed by atoms with E-state index in [0.29, 0.717) is 17.0 Å². The second-order valence-corrected chi connectivity index (χ2v) is 7.77. The van der Waals surface area contributed by atoms with Gasteiger partial charge < -0.3 is 9.15 Å². The predicted octanol–water partition coefficient (Wildman–Crippen LogP) is 4.62. The highest BCUT2D eigenvalue weighted by molar-refractivity contribution is 6.39. The summed E-state index contributed by atoms with van der Waals surface area (Å²) in [6.07, 6.45) is 2.08. The van der Waals surface area contributed by atoms with Crippen LogP contribution in [0.3, 0.4) is 0 Å². The van der Waals surface area contributed by atoms with Gasteiger partial charge in [0, 0.05) is 5.56 Å². The van der Waals surface area contributed by atoms with E-state index in [1.807, 2.05) is 19.1 Å². The Kier molecular flexibility index (Phi) is 6.34. The van der Waals surface area contributed by atoms with Gasteiger partial charge in [-0.25, -0.2) is 14.5 Å². The molecule has 0 saturated carbocycles. The van der Waals surface area contributed by atoms with Gasteiger partial charge in [-0.3, -0.25) is 14.9 Å². The number of imide groups is 2. The van der Waals surface area contributed by atoms with Crippen LogP contribution in [0.25, 0.3) is 17.4 Å². The van der Waals surface area contributed by atoms with Crippen LogP contribution in [0.4, 0.5) is 10.5 Å². The number of nitrogens with zero attached hydrogens (tertiary/aromatic N) is 1. The number of barbiturate groups is 1. The topological polar surface area (TPSA) is 106 Å². The Morgan fingerprint density at radius 3 is 2.47 bits per heavy atom. The number of benzene rings is 2. The lowest BCUT2D eigenvalue weighted by atomic mass is 10.1. The number of aryl methyl sites for hydroxylation is 1. The highest BCUT2D eigenvalue weighted by Gasteiger charge is 2.37. The fourth-order valence-corrected chi connectivity index (χ4v) is 3.70. The van der Waals surface area contributed by atoms with E-state index in [0.717, 1.165) is 16.9 Å². The zero-order valence-corrected chi connectivity index (χ0v) is 19.0. The second-order valence-electron chi connectivity index (χ2n) is 7.37. The van der Waals surface area contributed by atoms with Gasteiger partial charge in [-0.05, 0) is 54.5 Å². The maximum absolute atomic E-state index is 13.0. The minimum absolute atomic E-state index is 0.186. The van der Waals surface area contributed by atoms with Gasteiger partial charge in [0.25, 0.3) is 11.8 Å². The van der Waals surface area contributed by atoms with Gasteiger partial charge in [-0.2, -0.15) is 0 Å². The van der Waals surface area contributed by atoms with Crippen molar-refractivity contribution in [2.75, 3.05) is 12.0 Å². The molecule has 1 aliphatic rings. The molecule has 2 aromatic carbocycles. The molecule has 4 amide bonds. The summed E-state index contributed by atoms with van der Waals surface area (Å²) in [7, 11) is 1.26. The highest BCUT2D eigenvalue weighted by Crippen LogP contribution is 2.29. The number of ether oxygens (including phenoxy) is 1. The minimum atomic E-state index is -0.822. The number of esters is 1. The summed E-state index contributed by atoms with van der Waals surface area (Å²) in [5, 5.41) is 2.37. The molecule has 9 heteroatoms.